The monoisotopic (exact) mass is 274 g/mol. The van der Waals surface area contributed by atoms with E-state index in [2.05, 4.69) is 14.7 Å². The number of nitrogens with zero attached hydrogens (tertiary/aromatic N) is 3. The van der Waals surface area contributed by atoms with Gasteiger partial charge < -0.3 is 15.0 Å². The number of hydrogen-bond acceptors (Lipinski definition) is 5. The van der Waals surface area contributed by atoms with Crippen LogP contribution in [-0.4, -0.2) is 33.7 Å². The van der Waals surface area contributed by atoms with Crippen LogP contribution in [0.5, 0.6) is 0 Å². The summed E-state index contributed by atoms with van der Waals surface area (Å²) in [4.78, 5) is 19.8. The second kappa shape index (κ2) is 6.81. The van der Waals surface area contributed by atoms with Gasteiger partial charge in [-0.05, 0) is 12.1 Å². The first-order valence-corrected chi connectivity index (χ1v) is 6.43. The number of nitrogens with two attached hydrogens (primary N) is 1. The maximum Gasteiger partial charge on any atom is 0.323 e. The molecule has 20 heavy (non-hydrogen) atoms. The number of esters is 1. The zero-order chi connectivity index (χ0) is 14.4. The van der Waals surface area contributed by atoms with Gasteiger partial charge >= 0.3 is 5.97 Å². The molecule has 0 radical (unpaired) electrons. The highest BCUT2D eigenvalue weighted by molar-refractivity contribution is 5.75. The van der Waals surface area contributed by atoms with Crippen molar-refractivity contribution in [3.05, 3.63) is 48.3 Å². The first-order chi connectivity index (χ1) is 9.69. The van der Waals surface area contributed by atoms with Gasteiger partial charge in [0.05, 0.1) is 19.1 Å². The smallest absolute Gasteiger partial charge is 0.323 e. The first kappa shape index (κ1) is 14.2. The SMILES string of the molecule is COC(=O)[C@@H](N)Cc1cn(CCc2ccccn2)cn1. The number of aryl methyl sites for hydroxylation is 2. The second-order valence-corrected chi connectivity index (χ2v) is 4.51. The minimum atomic E-state index is -0.667. The van der Waals surface area contributed by atoms with Gasteiger partial charge in [-0.25, -0.2) is 4.98 Å². The van der Waals surface area contributed by atoms with Crippen molar-refractivity contribution in [3.63, 3.8) is 0 Å². The van der Waals surface area contributed by atoms with Crippen molar-refractivity contribution in [1.82, 2.24) is 14.5 Å². The van der Waals surface area contributed by atoms with Gasteiger partial charge in [-0.3, -0.25) is 9.78 Å². The lowest BCUT2D eigenvalue weighted by molar-refractivity contribution is -0.142. The number of hydrogen-bond donors (Lipinski definition) is 1. The van der Waals surface area contributed by atoms with Gasteiger partial charge in [-0.1, -0.05) is 6.07 Å². The van der Waals surface area contributed by atoms with Crippen LogP contribution in [0.3, 0.4) is 0 Å². The molecule has 2 rings (SSSR count). The van der Waals surface area contributed by atoms with Crippen molar-refractivity contribution >= 4 is 5.97 Å². The average molecular weight is 274 g/mol. The summed E-state index contributed by atoms with van der Waals surface area (Å²) in [5.41, 5.74) is 7.52. The standard InChI is InChI=1S/C14H18N4O2/c1-20-14(19)13(15)8-12-9-18(10-17-12)7-5-11-4-2-3-6-16-11/h2-4,6,9-10,13H,5,7-8,15H2,1H3/t13-/m0/s1. The molecule has 0 aromatic carbocycles. The minimum absolute atomic E-state index is 0.378. The van der Waals surface area contributed by atoms with Gasteiger partial charge in [0.2, 0.25) is 0 Å². The summed E-state index contributed by atoms with van der Waals surface area (Å²) in [6.45, 7) is 0.789. The number of rotatable bonds is 6. The van der Waals surface area contributed by atoms with E-state index in [1.54, 1.807) is 12.5 Å². The van der Waals surface area contributed by atoms with Crippen LogP contribution in [-0.2, 0) is 28.9 Å². The van der Waals surface area contributed by atoms with Crippen molar-refractivity contribution in [2.75, 3.05) is 7.11 Å². The van der Waals surface area contributed by atoms with Crippen LogP contribution in [0, 0.1) is 0 Å². The average Bonchev–Trinajstić information content (AvgIpc) is 2.92. The first-order valence-electron chi connectivity index (χ1n) is 6.43. The van der Waals surface area contributed by atoms with E-state index in [0.29, 0.717) is 6.42 Å². The third kappa shape index (κ3) is 3.89. The largest absolute Gasteiger partial charge is 0.468 e. The predicted molar refractivity (Wildman–Crippen MR) is 73.9 cm³/mol. The van der Waals surface area contributed by atoms with Gasteiger partial charge in [0, 0.05) is 37.5 Å². The van der Waals surface area contributed by atoms with Crippen molar-refractivity contribution in [1.29, 1.82) is 0 Å². The molecule has 0 fully saturated rings. The van der Waals surface area contributed by atoms with Crippen molar-refractivity contribution < 1.29 is 9.53 Å². The van der Waals surface area contributed by atoms with Crippen LogP contribution in [0.15, 0.2) is 36.9 Å². The van der Waals surface area contributed by atoms with E-state index < -0.39 is 12.0 Å². The Morgan fingerprint density at radius 2 is 2.25 bits per heavy atom. The third-order valence-electron chi connectivity index (χ3n) is 2.97. The minimum Gasteiger partial charge on any atom is -0.468 e. The number of carbonyl (C=O) groups is 1. The highest BCUT2D eigenvalue weighted by Gasteiger charge is 2.15. The molecule has 0 aliphatic rings. The lowest BCUT2D eigenvalue weighted by atomic mass is 10.2. The van der Waals surface area contributed by atoms with Crippen LogP contribution >= 0.6 is 0 Å². The summed E-state index contributed by atoms with van der Waals surface area (Å²) in [7, 11) is 1.33. The Kier molecular flexibility index (Phi) is 4.84. The Hall–Kier alpha value is -2.21. The zero-order valence-corrected chi connectivity index (χ0v) is 11.4. The highest BCUT2D eigenvalue weighted by atomic mass is 16.5. The van der Waals surface area contributed by atoms with Crippen molar-refractivity contribution in [2.24, 2.45) is 5.73 Å². The summed E-state index contributed by atoms with van der Waals surface area (Å²) in [5, 5.41) is 0. The third-order valence-corrected chi connectivity index (χ3v) is 2.97. The molecule has 0 bridgehead atoms. The molecule has 1 atom stereocenters. The fourth-order valence-corrected chi connectivity index (χ4v) is 1.88. The molecule has 106 valence electrons. The molecule has 6 heteroatoms. The second-order valence-electron chi connectivity index (χ2n) is 4.51. The molecule has 0 unspecified atom stereocenters. The molecule has 0 saturated carbocycles. The summed E-state index contributed by atoms with van der Waals surface area (Å²) in [6, 6.07) is 5.19. The molecule has 2 aromatic heterocycles. The van der Waals surface area contributed by atoms with E-state index in [-0.39, 0.29) is 0 Å². The zero-order valence-electron chi connectivity index (χ0n) is 11.4. The van der Waals surface area contributed by atoms with Crippen LogP contribution in [0.1, 0.15) is 11.4 Å². The number of methoxy groups -OCH3 is 1. The van der Waals surface area contributed by atoms with E-state index in [1.165, 1.54) is 7.11 Å². The van der Waals surface area contributed by atoms with E-state index >= 15 is 0 Å². The number of imidazole rings is 1. The topological polar surface area (TPSA) is 83.0 Å². The molecular formula is C14H18N4O2. The fraction of sp³-hybridized carbons (Fsp3) is 0.357. The Morgan fingerprint density at radius 3 is 2.95 bits per heavy atom. The maximum absolute atomic E-state index is 11.2. The molecular weight excluding hydrogens is 256 g/mol. The van der Waals surface area contributed by atoms with Gasteiger partial charge in [0.1, 0.15) is 6.04 Å². The number of carbonyl (C=O) groups excluding carboxylic acids is 1. The number of ether oxygens (including phenoxy) is 1. The molecule has 2 aromatic rings. The lowest BCUT2D eigenvalue weighted by Gasteiger charge is -2.06. The van der Waals surface area contributed by atoms with Crippen LogP contribution < -0.4 is 5.73 Å². The number of pyridine rings is 1. The molecule has 0 amide bonds. The summed E-state index contributed by atoms with van der Waals surface area (Å²) in [5.74, 6) is -0.423. The normalized spacial score (nSPS) is 12.1. The van der Waals surface area contributed by atoms with E-state index in [9.17, 15) is 4.79 Å². The molecule has 0 spiro atoms. The maximum atomic E-state index is 11.2. The van der Waals surface area contributed by atoms with Gasteiger partial charge in [0.15, 0.2) is 0 Å². The Labute approximate surface area is 117 Å². The Balaban J connectivity index is 1.87. The predicted octanol–water partition coefficient (Wildman–Crippen LogP) is 0.564. The molecule has 6 nitrogen and oxygen atoms in total. The summed E-state index contributed by atoms with van der Waals surface area (Å²) >= 11 is 0. The summed E-state index contributed by atoms with van der Waals surface area (Å²) in [6.07, 6.45) is 6.63. The van der Waals surface area contributed by atoms with Crippen molar-refractivity contribution in [2.45, 2.75) is 25.4 Å². The molecule has 0 aliphatic heterocycles. The van der Waals surface area contributed by atoms with Crippen LogP contribution in [0.2, 0.25) is 0 Å². The van der Waals surface area contributed by atoms with Gasteiger partial charge in [-0.2, -0.15) is 0 Å². The molecule has 0 saturated heterocycles. The van der Waals surface area contributed by atoms with E-state index in [4.69, 9.17) is 5.73 Å². The molecule has 2 N–H and O–H groups in total. The summed E-state index contributed by atoms with van der Waals surface area (Å²) < 4.78 is 6.56. The van der Waals surface area contributed by atoms with Gasteiger partial charge in [-0.15, -0.1) is 0 Å². The van der Waals surface area contributed by atoms with Crippen LogP contribution in [0.4, 0.5) is 0 Å². The molecule has 0 aliphatic carbocycles. The molecule has 2 heterocycles. The fourth-order valence-electron chi connectivity index (χ4n) is 1.88. The number of aromatic nitrogens is 3. The van der Waals surface area contributed by atoms with Crippen LogP contribution in [0.25, 0.3) is 0 Å². The quantitative estimate of drug-likeness (QED) is 0.778. The van der Waals surface area contributed by atoms with Crippen molar-refractivity contribution in [3.8, 4) is 0 Å². The van der Waals surface area contributed by atoms with E-state index in [0.717, 1.165) is 24.4 Å². The Morgan fingerprint density at radius 1 is 1.40 bits per heavy atom. The lowest BCUT2D eigenvalue weighted by Crippen LogP contribution is -2.33. The van der Waals surface area contributed by atoms with E-state index in [1.807, 2.05) is 29.0 Å². The van der Waals surface area contributed by atoms with Gasteiger partial charge in [0.25, 0.3) is 0 Å². The highest BCUT2D eigenvalue weighted by Crippen LogP contribution is 2.03. The Bertz CT molecular complexity index is 553.